The zero-order valence-electron chi connectivity index (χ0n) is 22.6. The van der Waals surface area contributed by atoms with Gasteiger partial charge in [-0.15, -0.1) is 0 Å². The Labute approximate surface area is 243 Å². The number of rotatable bonds is 8. The molecule has 0 saturated carbocycles. The summed E-state index contributed by atoms with van der Waals surface area (Å²) in [6, 6.07) is 29.3. The number of aryl methyl sites for hydroxylation is 1. The van der Waals surface area contributed by atoms with Crippen molar-refractivity contribution in [3.8, 4) is 5.75 Å². The second-order valence-electron chi connectivity index (χ2n) is 9.74. The summed E-state index contributed by atoms with van der Waals surface area (Å²) in [5, 5.41) is 0.544. The van der Waals surface area contributed by atoms with E-state index in [4.69, 9.17) is 9.72 Å². The standard InChI is InChI=1S/C32H29N3O4S2/c1-2-39-28-15-8-16-29-30(28)33-32(40-29)34(22-23-10-4-3-5-11-23)31(36)25-17-19-26(20-18-25)41(37,38)35-21-9-13-24-12-6-7-14-27(24)35/h3-8,10-12,14-20H,2,9,13,21-22H2,1H3. The molecule has 0 unspecified atom stereocenters. The third-order valence-electron chi connectivity index (χ3n) is 7.09. The molecule has 2 heterocycles. The molecule has 0 bridgehead atoms. The average Bonchev–Trinajstić information content (AvgIpc) is 3.45. The zero-order valence-corrected chi connectivity index (χ0v) is 24.2. The van der Waals surface area contributed by atoms with E-state index in [2.05, 4.69) is 0 Å². The maximum Gasteiger partial charge on any atom is 0.264 e. The highest BCUT2D eigenvalue weighted by atomic mass is 32.2. The maximum atomic E-state index is 14.0. The lowest BCUT2D eigenvalue weighted by atomic mass is 10.0. The van der Waals surface area contributed by atoms with Gasteiger partial charge in [-0.05, 0) is 73.4 Å². The van der Waals surface area contributed by atoms with Crippen LogP contribution in [0.2, 0.25) is 0 Å². The fraction of sp³-hybridized carbons (Fsp3) is 0.188. The molecule has 0 fully saturated rings. The van der Waals surface area contributed by atoms with Crippen molar-refractivity contribution in [2.75, 3.05) is 22.4 Å². The number of hydrogen-bond acceptors (Lipinski definition) is 6. The van der Waals surface area contributed by atoms with Gasteiger partial charge < -0.3 is 4.74 Å². The second kappa shape index (κ2) is 11.3. The molecule has 0 saturated heterocycles. The smallest absolute Gasteiger partial charge is 0.264 e. The van der Waals surface area contributed by atoms with E-state index in [1.807, 2.05) is 79.7 Å². The average molecular weight is 584 g/mol. The van der Waals surface area contributed by atoms with Crippen LogP contribution in [-0.2, 0) is 23.0 Å². The van der Waals surface area contributed by atoms with E-state index in [0.29, 0.717) is 41.7 Å². The van der Waals surface area contributed by atoms with Crippen LogP contribution in [0.15, 0.2) is 102 Å². The van der Waals surface area contributed by atoms with Crippen molar-refractivity contribution in [2.24, 2.45) is 0 Å². The Balaban J connectivity index is 1.33. The Morgan fingerprint density at radius 2 is 1.71 bits per heavy atom. The molecule has 4 aromatic carbocycles. The monoisotopic (exact) mass is 583 g/mol. The van der Waals surface area contributed by atoms with E-state index in [9.17, 15) is 13.2 Å². The van der Waals surface area contributed by atoms with Gasteiger partial charge in [-0.3, -0.25) is 14.0 Å². The van der Waals surface area contributed by atoms with E-state index in [1.165, 1.54) is 27.8 Å². The van der Waals surface area contributed by atoms with Crippen LogP contribution in [0, 0.1) is 0 Å². The minimum atomic E-state index is -3.78. The molecule has 0 spiro atoms. The maximum absolute atomic E-state index is 14.0. The van der Waals surface area contributed by atoms with E-state index in [-0.39, 0.29) is 10.8 Å². The Morgan fingerprint density at radius 3 is 2.49 bits per heavy atom. The van der Waals surface area contributed by atoms with Gasteiger partial charge >= 0.3 is 0 Å². The Kier molecular flexibility index (Phi) is 7.47. The number of nitrogens with zero attached hydrogens (tertiary/aromatic N) is 3. The number of benzene rings is 4. The fourth-order valence-corrected chi connectivity index (χ4v) is 7.61. The molecule has 9 heteroatoms. The van der Waals surface area contributed by atoms with Gasteiger partial charge in [0, 0.05) is 12.1 Å². The van der Waals surface area contributed by atoms with Gasteiger partial charge in [-0.2, -0.15) is 0 Å². The van der Waals surface area contributed by atoms with E-state index >= 15 is 0 Å². The summed E-state index contributed by atoms with van der Waals surface area (Å²) in [5.41, 5.74) is 3.78. The first kappa shape index (κ1) is 27.0. The van der Waals surface area contributed by atoms with Crippen LogP contribution >= 0.6 is 11.3 Å². The number of amides is 1. The summed E-state index contributed by atoms with van der Waals surface area (Å²) in [6.07, 6.45) is 1.61. The number of hydrogen-bond donors (Lipinski definition) is 0. The highest BCUT2D eigenvalue weighted by Crippen LogP contribution is 2.36. The SMILES string of the molecule is CCOc1cccc2sc(N(Cc3ccccc3)C(=O)c3ccc(S(=O)(=O)N4CCCc5ccccc54)cc3)nc12. The summed E-state index contributed by atoms with van der Waals surface area (Å²) >= 11 is 1.42. The summed E-state index contributed by atoms with van der Waals surface area (Å²) in [7, 11) is -3.78. The van der Waals surface area contributed by atoms with Crippen molar-refractivity contribution in [1.82, 2.24) is 4.98 Å². The molecule has 0 aliphatic carbocycles. The summed E-state index contributed by atoms with van der Waals surface area (Å²) in [5.74, 6) is 0.409. The topological polar surface area (TPSA) is 79.8 Å². The molecule has 1 aromatic heterocycles. The summed E-state index contributed by atoms with van der Waals surface area (Å²) in [6.45, 7) is 3.17. The van der Waals surface area contributed by atoms with E-state index in [0.717, 1.165) is 34.4 Å². The Morgan fingerprint density at radius 1 is 0.951 bits per heavy atom. The number of fused-ring (bicyclic) bond motifs is 2. The molecule has 1 aliphatic heterocycles. The number of aromatic nitrogens is 1. The van der Waals surface area contributed by atoms with Crippen molar-refractivity contribution < 1.29 is 17.9 Å². The Hall–Kier alpha value is -4.21. The molecule has 208 valence electrons. The van der Waals surface area contributed by atoms with Crippen molar-refractivity contribution in [2.45, 2.75) is 31.2 Å². The summed E-state index contributed by atoms with van der Waals surface area (Å²) in [4.78, 5) is 20.6. The lowest BCUT2D eigenvalue weighted by Gasteiger charge is -2.30. The molecular weight excluding hydrogens is 555 g/mol. The van der Waals surface area contributed by atoms with E-state index in [1.54, 1.807) is 17.0 Å². The van der Waals surface area contributed by atoms with Gasteiger partial charge in [0.1, 0.15) is 11.3 Å². The Bertz CT molecular complexity index is 1800. The molecule has 0 radical (unpaired) electrons. The number of ether oxygens (including phenoxy) is 1. The molecule has 5 aromatic rings. The van der Waals surface area contributed by atoms with Crippen LogP contribution in [0.4, 0.5) is 10.8 Å². The number of carbonyl (C=O) groups excluding carboxylic acids is 1. The third-order valence-corrected chi connectivity index (χ3v) is 9.96. The van der Waals surface area contributed by atoms with Gasteiger partial charge in [0.05, 0.1) is 28.4 Å². The minimum absolute atomic E-state index is 0.154. The number of para-hydroxylation sites is 2. The first-order chi connectivity index (χ1) is 20.0. The third kappa shape index (κ3) is 5.30. The lowest BCUT2D eigenvalue weighted by molar-refractivity contribution is 0.0985. The molecule has 1 aliphatic rings. The normalized spacial score (nSPS) is 13.1. The van der Waals surface area contributed by atoms with Gasteiger partial charge in [0.25, 0.3) is 15.9 Å². The van der Waals surface area contributed by atoms with Gasteiger partial charge in [-0.25, -0.2) is 13.4 Å². The predicted octanol–water partition coefficient (Wildman–Crippen LogP) is 6.68. The molecule has 0 N–H and O–H groups in total. The molecule has 6 rings (SSSR count). The molecule has 1 amide bonds. The minimum Gasteiger partial charge on any atom is -0.492 e. The van der Waals surface area contributed by atoms with Crippen LogP contribution in [0.25, 0.3) is 10.2 Å². The van der Waals surface area contributed by atoms with Gasteiger partial charge in [-0.1, -0.05) is 65.9 Å². The van der Waals surface area contributed by atoms with Crippen molar-refractivity contribution in [3.05, 3.63) is 114 Å². The van der Waals surface area contributed by atoms with E-state index < -0.39 is 10.0 Å². The van der Waals surface area contributed by atoms with Crippen LogP contribution in [-0.4, -0.2) is 32.5 Å². The van der Waals surface area contributed by atoms with Crippen LogP contribution < -0.4 is 13.9 Å². The zero-order chi connectivity index (χ0) is 28.4. The predicted molar refractivity (Wildman–Crippen MR) is 163 cm³/mol. The van der Waals surface area contributed by atoms with Gasteiger partial charge in [0.15, 0.2) is 5.13 Å². The number of sulfonamides is 1. The highest BCUT2D eigenvalue weighted by Gasteiger charge is 2.29. The summed E-state index contributed by atoms with van der Waals surface area (Å²) < 4.78 is 35.4. The molecular formula is C32H29N3O4S2. The molecule has 7 nitrogen and oxygen atoms in total. The quantitative estimate of drug-likeness (QED) is 0.204. The number of anilines is 2. The van der Waals surface area contributed by atoms with Crippen LogP contribution in [0.3, 0.4) is 0 Å². The van der Waals surface area contributed by atoms with Gasteiger partial charge in [0.2, 0.25) is 0 Å². The fourth-order valence-electron chi connectivity index (χ4n) is 5.09. The van der Waals surface area contributed by atoms with Crippen molar-refractivity contribution in [1.29, 1.82) is 0 Å². The molecule has 41 heavy (non-hydrogen) atoms. The second-order valence-corrected chi connectivity index (χ2v) is 12.6. The molecule has 0 atom stereocenters. The lowest BCUT2D eigenvalue weighted by Crippen LogP contribution is -2.35. The highest BCUT2D eigenvalue weighted by molar-refractivity contribution is 7.92. The number of carbonyl (C=O) groups is 1. The number of thiazole rings is 1. The largest absolute Gasteiger partial charge is 0.492 e. The van der Waals surface area contributed by atoms with Crippen LogP contribution in [0.1, 0.15) is 34.8 Å². The first-order valence-corrected chi connectivity index (χ1v) is 15.8. The van der Waals surface area contributed by atoms with Crippen molar-refractivity contribution >= 4 is 48.3 Å². The first-order valence-electron chi connectivity index (χ1n) is 13.5. The van der Waals surface area contributed by atoms with Crippen molar-refractivity contribution in [3.63, 3.8) is 0 Å². The van der Waals surface area contributed by atoms with Crippen LogP contribution in [0.5, 0.6) is 5.75 Å².